The first-order valence-electron chi connectivity index (χ1n) is 5.45. The summed E-state index contributed by atoms with van der Waals surface area (Å²) in [4.78, 5) is 0. The van der Waals surface area contributed by atoms with Crippen molar-refractivity contribution < 1.29 is 18.6 Å². The minimum atomic E-state index is -3.10. The topological polar surface area (TPSA) is 41.5 Å². The van der Waals surface area contributed by atoms with Gasteiger partial charge in [-0.05, 0) is 40.5 Å². The lowest BCUT2D eigenvalue weighted by atomic mass is 10.1. The first-order chi connectivity index (χ1) is 8.39. The van der Waals surface area contributed by atoms with E-state index in [1.54, 1.807) is 26.2 Å². The van der Waals surface area contributed by atoms with Gasteiger partial charge in [0.1, 0.15) is 12.4 Å². The van der Waals surface area contributed by atoms with Crippen molar-refractivity contribution in [3.05, 3.63) is 28.2 Å². The Morgan fingerprint density at radius 2 is 2.17 bits per heavy atom. The highest BCUT2D eigenvalue weighted by Gasteiger charge is 2.27. The Bertz CT molecular complexity index is 402. The van der Waals surface area contributed by atoms with E-state index < -0.39 is 19.1 Å². The number of hydrogen-bond acceptors (Lipinski definition) is 3. The van der Waals surface area contributed by atoms with Gasteiger partial charge in [-0.25, -0.2) is 8.78 Å². The molecule has 0 aliphatic carbocycles. The minimum absolute atomic E-state index is 0.246. The molecule has 0 amide bonds. The average molecular weight is 324 g/mol. The zero-order chi connectivity index (χ0) is 13.8. The van der Waals surface area contributed by atoms with Crippen molar-refractivity contribution in [1.82, 2.24) is 5.32 Å². The molecular formula is C12H16BrF2NO2. The molecule has 1 aromatic carbocycles. The third kappa shape index (κ3) is 4.19. The van der Waals surface area contributed by atoms with Crippen LogP contribution in [0.3, 0.4) is 0 Å². The number of halogens is 3. The highest BCUT2D eigenvalue weighted by Crippen LogP contribution is 2.28. The molecule has 2 N–H and O–H groups in total. The smallest absolute Gasteiger partial charge is 0.282 e. The molecule has 1 unspecified atom stereocenters. The van der Waals surface area contributed by atoms with Gasteiger partial charge in [-0.2, -0.15) is 0 Å². The van der Waals surface area contributed by atoms with Crippen LogP contribution in [0, 0.1) is 0 Å². The molecule has 0 saturated heterocycles. The van der Waals surface area contributed by atoms with E-state index in [2.05, 4.69) is 21.2 Å². The lowest BCUT2D eigenvalue weighted by Crippen LogP contribution is -2.37. The molecule has 102 valence electrons. The van der Waals surface area contributed by atoms with Crippen LogP contribution < -0.4 is 10.1 Å². The van der Waals surface area contributed by atoms with Gasteiger partial charge in [-0.15, -0.1) is 0 Å². The molecule has 0 spiro atoms. The minimum Gasteiger partial charge on any atom is -0.496 e. The fourth-order valence-electron chi connectivity index (χ4n) is 1.43. The molecule has 0 aromatic heterocycles. The number of benzene rings is 1. The summed E-state index contributed by atoms with van der Waals surface area (Å²) in [6.45, 7) is 0.0645. The molecule has 0 fully saturated rings. The Labute approximate surface area is 113 Å². The Balaban J connectivity index is 2.67. The summed E-state index contributed by atoms with van der Waals surface area (Å²) in [5.41, 5.74) is 0.858. The molecule has 0 saturated carbocycles. The van der Waals surface area contributed by atoms with E-state index in [1.165, 1.54) is 0 Å². The van der Waals surface area contributed by atoms with Gasteiger partial charge >= 0.3 is 0 Å². The maximum absolute atomic E-state index is 12.9. The standard InChI is InChI=1S/C12H16BrF2NO2/c1-8(16-6-12(14,15)7-17)9-3-4-11(18-2)10(13)5-9/h3-5,8,16-17H,6-7H2,1-2H3. The van der Waals surface area contributed by atoms with E-state index in [4.69, 9.17) is 9.84 Å². The fourth-order valence-corrected chi connectivity index (χ4v) is 1.99. The van der Waals surface area contributed by atoms with Crippen molar-refractivity contribution in [3.63, 3.8) is 0 Å². The van der Waals surface area contributed by atoms with Crippen LogP contribution in [-0.2, 0) is 0 Å². The van der Waals surface area contributed by atoms with E-state index in [-0.39, 0.29) is 6.04 Å². The van der Waals surface area contributed by atoms with Crippen molar-refractivity contribution in [1.29, 1.82) is 0 Å². The second-order valence-electron chi connectivity index (χ2n) is 4.01. The third-order valence-corrected chi connectivity index (χ3v) is 3.19. The molecule has 3 nitrogen and oxygen atoms in total. The van der Waals surface area contributed by atoms with Gasteiger partial charge in [-0.1, -0.05) is 6.07 Å². The normalized spacial score (nSPS) is 13.4. The summed E-state index contributed by atoms with van der Waals surface area (Å²) in [6.07, 6.45) is 0. The Kier molecular flexibility index (Phi) is 5.49. The van der Waals surface area contributed by atoms with Crippen molar-refractivity contribution in [3.8, 4) is 5.75 Å². The van der Waals surface area contributed by atoms with Crippen LogP contribution in [0.5, 0.6) is 5.75 Å². The van der Waals surface area contributed by atoms with Gasteiger partial charge in [0.15, 0.2) is 0 Å². The largest absolute Gasteiger partial charge is 0.496 e. The van der Waals surface area contributed by atoms with Crippen LogP contribution >= 0.6 is 15.9 Å². The van der Waals surface area contributed by atoms with Crippen molar-refractivity contribution in [2.45, 2.75) is 18.9 Å². The lowest BCUT2D eigenvalue weighted by molar-refractivity contribution is -0.0490. The molecule has 0 aliphatic heterocycles. The SMILES string of the molecule is COc1ccc(C(C)NCC(F)(F)CO)cc1Br. The van der Waals surface area contributed by atoms with Crippen LogP contribution in [0.4, 0.5) is 8.78 Å². The number of aliphatic hydroxyl groups is 1. The predicted octanol–water partition coefficient (Wildman–Crippen LogP) is 2.74. The zero-order valence-electron chi connectivity index (χ0n) is 10.2. The Hall–Kier alpha value is -0.720. The van der Waals surface area contributed by atoms with Crippen LogP contribution in [0.2, 0.25) is 0 Å². The predicted molar refractivity (Wildman–Crippen MR) is 69.1 cm³/mol. The number of alkyl halides is 2. The Morgan fingerprint density at radius 1 is 1.50 bits per heavy atom. The quantitative estimate of drug-likeness (QED) is 0.845. The molecule has 0 radical (unpaired) electrons. The monoisotopic (exact) mass is 323 g/mol. The number of aliphatic hydroxyl groups excluding tert-OH is 1. The number of rotatable bonds is 6. The van der Waals surface area contributed by atoms with Crippen molar-refractivity contribution in [2.24, 2.45) is 0 Å². The first kappa shape index (κ1) is 15.3. The van der Waals surface area contributed by atoms with Crippen LogP contribution in [0.15, 0.2) is 22.7 Å². The van der Waals surface area contributed by atoms with Crippen molar-refractivity contribution in [2.75, 3.05) is 20.3 Å². The number of ether oxygens (including phenoxy) is 1. The summed E-state index contributed by atoms with van der Waals surface area (Å²) >= 11 is 3.34. The summed E-state index contributed by atoms with van der Waals surface area (Å²) in [5, 5.41) is 11.2. The first-order valence-corrected chi connectivity index (χ1v) is 6.24. The van der Waals surface area contributed by atoms with Gasteiger partial charge in [0.2, 0.25) is 0 Å². The second-order valence-corrected chi connectivity index (χ2v) is 4.86. The molecule has 0 heterocycles. The third-order valence-electron chi connectivity index (χ3n) is 2.57. The van der Waals surface area contributed by atoms with E-state index in [9.17, 15) is 8.78 Å². The molecule has 1 rings (SSSR count). The van der Waals surface area contributed by atoms with Crippen molar-refractivity contribution >= 4 is 15.9 Å². The maximum Gasteiger partial charge on any atom is 0.282 e. The summed E-state index contributed by atoms with van der Waals surface area (Å²) in [7, 11) is 1.56. The number of nitrogens with one attached hydrogen (secondary N) is 1. The molecule has 6 heteroatoms. The fraction of sp³-hybridized carbons (Fsp3) is 0.500. The van der Waals surface area contributed by atoms with Gasteiger partial charge in [0.05, 0.1) is 18.1 Å². The summed E-state index contributed by atoms with van der Waals surface area (Å²) in [6, 6.07) is 5.14. The van der Waals surface area contributed by atoms with Gasteiger partial charge in [-0.3, -0.25) is 0 Å². The van der Waals surface area contributed by atoms with Gasteiger partial charge < -0.3 is 15.2 Å². The molecular weight excluding hydrogens is 308 g/mol. The van der Waals surface area contributed by atoms with Crippen LogP contribution in [-0.4, -0.2) is 31.3 Å². The highest BCUT2D eigenvalue weighted by atomic mass is 79.9. The molecule has 0 bridgehead atoms. The van der Waals surface area contributed by atoms with E-state index in [1.807, 2.05) is 6.07 Å². The van der Waals surface area contributed by atoms with E-state index >= 15 is 0 Å². The molecule has 1 atom stereocenters. The van der Waals surface area contributed by atoms with E-state index in [0.717, 1.165) is 10.0 Å². The van der Waals surface area contributed by atoms with Gasteiger partial charge in [0.25, 0.3) is 5.92 Å². The van der Waals surface area contributed by atoms with Crippen LogP contribution in [0.1, 0.15) is 18.5 Å². The van der Waals surface area contributed by atoms with Crippen LogP contribution in [0.25, 0.3) is 0 Å². The highest BCUT2D eigenvalue weighted by molar-refractivity contribution is 9.10. The number of hydrogen-bond donors (Lipinski definition) is 2. The molecule has 1 aromatic rings. The zero-order valence-corrected chi connectivity index (χ0v) is 11.8. The van der Waals surface area contributed by atoms with E-state index in [0.29, 0.717) is 5.75 Å². The lowest BCUT2D eigenvalue weighted by Gasteiger charge is -2.19. The molecule has 18 heavy (non-hydrogen) atoms. The second kappa shape index (κ2) is 6.45. The summed E-state index contributed by atoms with van der Waals surface area (Å²) in [5.74, 6) is -2.41. The Morgan fingerprint density at radius 3 is 2.67 bits per heavy atom. The number of methoxy groups -OCH3 is 1. The maximum atomic E-state index is 12.9. The van der Waals surface area contributed by atoms with Gasteiger partial charge in [0, 0.05) is 6.04 Å². The molecule has 0 aliphatic rings. The summed E-state index contributed by atoms with van der Waals surface area (Å²) < 4.78 is 31.6. The average Bonchev–Trinajstić information content (AvgIpc) is 2.36.